The molecule has 3 N–H and O–H groups in total. The van der Waals surface area contributed by atoms with Gasteiger partial charge in [-0.15, -0.1) is 0 Å². The summed E-state index contributed by atoms with van der Waals surface area (Å²) in [5.41, 5.74) is 6.04. The third-order valence-corrected chi connectivity index (χ3v) is 3.87. The maximum absolute atomic E-state index is 9.82. The molecular formula is C17H29NO2. The van der Waals surface area contributed by atoms with Crippen LogP contribution in [0.2, 0.25) is 0 Å². The van der Waals surface area contributed by atoms with Crippen molar-refractivity contribution < 1.29 is 9.84 Å². The van der Waals surface area contributed by atoms with Crippen LogP contribution in [0.25, 0.3) is 0 Å². The Hall–Kier alpha value is -1.06. The summed E-state index contributed by atoms with van der Waals surface area (Å²) in [6.07, 6.45) is 3.69. The average molecular weight is 279 g/mol. The van der Waals surface area contributed by atoms with E-state index in [2.05, 4.69) is 26.0 Å². The highest BCUT2D eigenvalue weighted by atomic mass is 16.5. The molecule has 1 aromatic carbocycles. The molecule has 0 aromatic heterocycles. The van der Waals surface area contributed by atoms with E-state index >= 15 is 0 Å². The van der Waals surface area contributed by atoms with Gasteiger partial charge in [0.1, 0.15) is 5.75 Å². The fourth-order valence-corrected chi connectivity index (χ4v) is 2.13. The van der Waals surface area contributed by atoms with E-state index in [0.29, 0.717) is 19.1 Å². The van der Waals surface area contributed by atoms with Crippen LogP contribution in [0.4, 0.5) is 0 Å². The zero-order valence-electron chi connectivity index (χ0n) is 13.1. The van der Waals surface area contributed by atoms with Gasteiger partial charge in [-0.05, 0) is 50.2 Å². The molecule has 1 rings (SSSR count). The molecular weight excluding hydrogens is 250 g/mol. The third kappa shape index (κ3) is 5.51. The second-order valence-electron chi connectivity index (χ2n) is 5.85. The predicted octanol–water partition coefficient (Wildman–Crippen LogP) is 3.46. The number of hydrogen-bond acceptors (Lipinski definition) is 3. The number of ether oxygens (including phenoxy) is 1. The molecule has 0 amide bonds. The van der Waals surface area contributed by atoms with Crippen LogP contribution in [-0.4, -0.2) is 23.9 Å². The van der Waals surface area contributed by atoms with Crippen molar-refractivity contribution in [3.05, 3.63) is 29.8 Å². The summed E-state index contributed by atoms with van der Waals surface area (Å²) < 4.78 is 5.90. The van der Waals surface area contributed by atoms with Crippen molar-refractivity contribution in [1.82, 2.24) is 0 Å². The summed E-state index contributed by atoms with van der Waals surface area (Å²) in [7, 11) is 0. The van der Waals surface area contributed by atoms with Crippen molar-refractivity contribution >= 4 is 0 Å². The van der Waals surface area contributed by atoms with Crippen LogP contribution in [0.5, 0.6) is 5.75 Å². The number of aliphatic hydroxyl groups is 1. The summed E-state index contributed by atoms with van der Waals surface area (Å²) in [6.45, 7) is 7.20. The van der Waals surface area contributed by atoms with E-state index in [1.807, 2.05) is 12.1 Å². The first-order valence-electron chi connectivity index (χ1n) is 7.64. The third-order valence-electron chi connectivity index (χ3n) is 3.87. The van der Waals surface area contributed by atoms with Gasteiger partial charge in [0.05, 0.1) is 12.2 Å². The highest BCUT2D eigenvalue weighted by Crippen LogP contribution is 2.28. The van der Waals surface area contributed by atoms with E-state index in [0.717, 1.165) is 31.4 Å². The molecule has 0 saturated carbocycles. The molecule has 3 nitrogen and oxygen atoms in total. The SMILES string of the molecule is CCC(C)c1ccccc1OCCCCC(C)(O)CN. The molecule has 0 aliphatic rings. The van der Waals surface area contributed by atoms with E-state index in [4.69, 9.17) is 10.5 Å². The first kappa shape index (κ1) is 17.0. The van der Waals surface area contributed by atoms with E-state index in [-0.39, 0.29) is 0 Å². The van der Waals surface area contributed by atoms with E-state index in [1.54, 1.807) is 6.92 Å². The van der Waals surface area contributed by atoms with Crippen LogP contribution < -0.4 is 10.5 Å². The summed E-state index contributed by atoms with van der Waals surface area (Å²) in [5.74, 6) is 1.51. The lowest BCUT2D eigenvalue weighted by atomic mass is 9.98. The van der Waals surface area contributed by atoms with Crippen LogP contribution >= 0.6 is 0 Å². The van der Waals surface area contributed by atoms with Gasteiger partial charge < -0.3 is 15.6 Å². The topological polar surface area (TPSA) is 55.5 Å². The summed E-state index contributed by atoms with van der Waals surface area (Å²) >= 11 is 0. The number of nitrogens with two attached hydrogens (primary N) is 1. The van der Waals surface area contributed by atoms with Crippen LogP contribution in [0.3, 0.4) is 0 Å². The van der Waals surface area contributed by atoms with Crippen LogP contribution in [0.15, 0.2) is 24.3 Å². The van der Waals surface area contributed by atoms with Crippen molar-refractivity contribution in [2.24, 2.45) is 5.73 Å². The van der Waals surface area contributed by atoms with Gasteiger partial charge >= 0.3 is 0 Å². The predicted molar refractivity (Wildman–Crippen MR) is 84.2 cm³/mol. The number of rotatable bonds is 9. The van der Waals surface area contributed by atoms with Crippen molar-refractivity contribution in [2.75, 3.05) is 13.2 Å². The van der Waals surface area contributed by atoms with E-state index < -0.39 is 5.60 Å². The molecule has 0 aliphatic carbocycles. The Balaban J connectivity index is 2.39. The van der Waals surface area contributed by atoms with Crippen LogP contribution in [-0.2, 0) is 0 Å². The molecule has 0 saturated heterocycles. The molecule has 20 heavy (non-hydrogen) atoms. The van der Waals surface area contributed by atoms with E-state index in [1.165, 1.54) is 5.56 Å². The Morgan fingerprint density at radius 1 is 1.30 bits per heavy atom. The number of benzene rings is 1. The van der Waals surface area contributed by atoms with Crippen molar-refractivity contribution in [3.8, 4) is 5.75 Å². The molecule has 0 heterocycles. The van der Waals surface area contributed by atoms with Gasteiger partial charge in [0.15, 0.2) is 0 Å². The lowest BCUT2D eigenvalue weighted by Crippen LogP contribution is -2.33. The highest BCUT2D eigenvalue weighted by molar-refractivity contribution is 5.35. The number of para-hydroxylation sites is 1. The standard InChI is InChI=1S/C17H29NO2/c1-4-14(2)15-9-5-6-10-16(15)20-12-8-7-11-17(3,19)13-18/h5-6,9-10,14,19H,4,7-8,11-13,18H2,1-3H3. The van der Waals surface area contributed by atoms with Gasteiger partial charge in [-0.3, -0.25) is 0 Å². The maximum Gasteiger partial charge on any atom is 0.122 e. The van der Waals surface area contributed by atoms with Gasteiger partial charge in [-0.25, -0.2) is 0 Å². The highest BCUT2D eigenvalue weighted by Gasteiger charge is 2.16. The van der Waals surface area contributed by atoms with Crippen LogP contribution in [0.1, 0.15) is 57.9 Å². The molecule has 1 aromatic rings. The minimum atomic E-state index is -0.741. The maximum atomic E-state index is 9.82. The fraction of sp³-hybridized carbons (Fsp3) is 0.647. The van der Waals surface area contributed by atoms with Gasteiger partial charge in [-0.2, -0.15) is 0 Å². The summed E-state index contributed by atoms with van der Waals surface area (Å²) in [4.78, 5) is 0. The Morgan fingerprint density at radius 2 is 2.00 bits per heavy atom. The molecule has 114 valence electrons. The van der Waals surface area contributed by atoms with Crippen molar-refractivity contribution in [1.29, 1.82) is 0 Å². The normalized spacial score (nSPS) is 15.7. The molecule has 2 unspecified atom stereocenters. The molecule has 0 bridgehead atoms. The summed E-state index contributed by atoms with van der Waals surface area (Å²) in [6, 6.07) is 8.26. The van der Waals surface area contributed by atoms with Gasteiger partial charge in [0, 0.05) is 6.54 Å². The number of unbranched alkanes of at least 4 members (excludes halogenated alkanes) is 1. The molecule has 0 radical (unpaired) electrons. The second-order valence-corrected chi connectivity index (χ2v) is 5.85. The van der Waals surface area contributed by atoms with Gasteiger partial charge in [0.25, 0.3) is 0 Å². The Labute approximate surface area is 123 Å². The smallest absolute Gasteiger partial charge is 0.122 e. The zero-order chi connectivity index (χ0) is 15.0. The molecule has 2 atom stereocenters. The lowest BCUT2D eigenvalue weighted by Gasteiger charge is -2.20. The monoisotopic (exact) mass is 279 g/mol. The summed E-state index contributed by atoms with van der Waals surface area (Å²) in [5, 5.41) is 9.82. The van der Waals surface area contributed by atoms with Gasteiger partial charge in [-0.1, -0.05) is 32.0 Å². The minimum Gasteiger partial charge on any atom is -0.493 e. The molecule has 0 aliphatic heterocycles. The lowest BCUT2D eigenvalue weighted by molar-refractivity contribution is 0.0562. The zero-order valence-corrected chi connectivity index (χ0v) is 13.1. The second kappa shape index (κ2) is 8.28. The Kier molecular flexibility index (Phi) is 7.03. The van der Waals surface area contributed by atoms with Crippen molar-refractivity contribution in [3.63, 3.8) is 0 Å². The van der Waals surface area contributed by atoms with Crippen molar-refractivity contribution in [2.45, 2.75) is 58.0 Å². The Morgan fingerprint density at radius 3 is 2.65 bits per heavy atom. The molecule has 0 fully saturated rings. The molecule has 0 spiro atoms. The first-order chi connectivity index (χ1) is 9.50. The average Bonchev–Trinajstić information content (AvgIpc) is 2.46. The minimum absolute atomic E-state index is 0.310. The molecule has 3 heteroatoms. The quantitative estimate of drug-likeness (QED) is 0.681. The van der Waals surface area contributed by atoms with E-state index in [9.17, 15) is 5.11 Å². The first-order valence-corrected chi connectivity index (χ1v) is 7.64. The Bertz CT molecular complexity index is 390. The number of hydrogen-bond donors (Lipinski definition) is 2. The largest absolute Gasteiger partial charge is 0.493 e. The fourth-order valence-electron chi connectivity index (χ4n) is 2.13. The van der Waals surface area contributed by atoms with Gasteiger partial charge in [0.2, 0.25) is 0 Å². The van der Waals surface area contributed by atoms with Crippen LogP contribution in [0, 0.1) is 0 Å².